The molecule has 0 unspecified atom stereocenters. The molecule has 2 aromatic heterocycles. The van der Waals surface area contributed by atoms with Gasteiger partial charge in [0, 0.05) is 24.5 Å². The van der Waals surface area contributed by atoms with Crippen LogP contribution in [0.25, 0.3) is 11.2 Å². The lowest BCUT2D eigenvalue weighted by atomic mass is 9.85. The number of rotatable bonds is 9. The van der Waals surface area contributed by atoms with Gasteiger partial charge in [-0.15, -0.1) is 0 Å². The molecule has 6 N–H and O–H groups in total. The summed E-state index contributed by atoms with van der Waals surface area (Å²) in [6.07, 6.45) is 6.22. The average molecular weight is 558 g/mol. The molecule has 0 bridgehead atoms. The molecule has 2 aliphatic carbocycles. The van der Waals surface area contributed by atoms with Gasteiger partial charge in [0.05, 0.1) is 30.7 Å². The fourth-order valence-electron chi connectivity index (χ4n) is 5.50. The van der Waals surface area contributed by atoms with Crippen LogP contribution in [0, 0.1) is 11.7 Å². The van der Waals surface area contributed by atoms with Crippen molar-refractivity contribution in [3.05, 3.63) is 36.3 Å². The van der Waals surface area contributed by atoms with Crippen LogP contribution in [0.1, 0.15) is 64.8 Å². The number of aliphatic hydroxyl groups excluding tert-OH is 3. The maximum absolute atomic E-state index is 14.5. The average Bonchev–Trinajstić information content (AvgIpc) is 3.31. The Morgan fingerprint density at radius 3 is 2.50 bits per heavy atom. The standard InChI is InChI=1S/C27H36FN7O4.CH4/c28-21-3-1-2-4-22(21)32-27-33-23-14-30-26(31-17-7-11-19(37)12-8-17)34-24(23)35(27)18-9-5-16(6-10-18)25(39)29-13-20(38)15-36;/h1-4,14,16-20,36-38H,5-13,15H2,(H,29,39)(H,32,33)(H,30,31,34);1H4/t16?,17?,18?,19?,20-;/m1./s1. The van der Waals surface area contributed by atoms with Gasteiger partial charge in [-0.2, -0.15) is 4.98 Å². The number of amides is 1. The van der Waals surface area contributed by atoms with Gasteiger partial charge in [0.2, 0.25) is 17.8 Å². The second kappa shape index (κ2) is 13.3. The Kier molecular flexibility index (Phi) is 9.88. The van der Waals surface area contributed by atoms with Crippen molar-refractivity contribution in [2.75, 3.05) is 23.8 Å². The number of halogens is 1. The lowest BCUT2D eigenvalue weighted by Gasteiger charge is -2.30. The monoisotopic (exact) mass is 557 g/mol. The number of carbonyl (C=O) groups is 1. The first-order chi connectivity index (χ1) is 18.9. The van der Waals surface area contributed by atoms with E-state index in [1.807, 2.05) is 4.57 Å². The second-order valence-corrected chi connectivity index (χ2v) is 10.5. The van der Waals surface area contributed by atoms with Gasteiger partial charge in [0.1, 0.15) is 11.3 Å². The summed E-state index contributed by atoms with van der Waals surface area (Å²) in [6, 6.07) is 6.56. The molecule has 218 valence electrons. The number of benzene rings is 1. The van der Waals surface area contributed by atoms with Crippen LogP contribution in [0.15, 0.2) is 30.5 Å². The van der Waals surface area contributed by atoms with Crippen molar-refractivity contribution in [3.63, 3.8) is 0 Å². The molecule has 2 aliphatic rings. The van der Waals surface area contributed by atoms with Gasteiger partial charge < -0.3 is 31.3 Å². The highest BCUT2D eigenvalue weighted by Gasteiger charge is 2.30. The number of fused-ring (bicyclic) bond motifs is 1. The molecule has 3 aromatic rings. The topological polar surface area (TPSA) is 157 Å². The summed E-state index contributed by atoms with van der Waals surface area (Å²) >= 11 is 0. The summed E-state index contributed by atoms with van der Waals surface area (Å²) in [5.41, 5.74) is 1.51. The molecule has 0 spiro atoms. The first-order valence-electron chi connectivity index (χ1n) is 13.7. The van der Waals surface area contributed by atoms with Crippen molar-refractivity contribution in [3.8, 4) is 0 Å². The molecule has 1 amide bonds. The lowest BCUT2D eigenvalue weighted by Crippen LogP contribution is -2.39. The quantitative estimate of drug-likeness (QED) is 0.232. The van der Waals surface area contributed by atoms with E-state index in [1.54, 1.807) is 24.4 Å². The molecule has 0 saturated heterocycles. The molecule has 2 fully saturated rings. The summed E-state index contributed by atoms with van der Waals surface area (Å²) in [7, 11) is 0. The summed E-state index contributed by atoms with van der Waals surface area (Å²) in [5.74, 6) is 0.222. The Bertz CT molecular complexity index is 1270. The predicted octanol–water partition coefficient (Wildman–Crippen LogP) is 3.26. The number of hydrogen-bond donors (Lipinski definition) is 6. The zero-order valence-corrected chi connectivity index (χ0v) is 21.8. The summed E-state index contributed by atoms with van der Waals surface area (Å²) < 4.78 is 16.5. The third kappa shape index (κ3) is 6.86. The van der Waals surface area contributed by atoms with Gasteiger partial charge in [-0.3, -0.25) is 9.36 Å². The molecule has 5 rings (SSSR count). The third-order valence-corrected chi connectivity index (χ3v) is 7.74. The molecular weight excluding hydrogens is 517 g/mol. The highest BCUT2D eigenvalue weighted by Crippen LogP contribution is 2.37. The summed E-state index contributed by atoms with van der Waals surface area (Å²) in [6.45, 7) is -0.384. The van der Waals surface area contributed by atoms with Crippen LogP contribution in [-0.4, -0.2) is 72.1 Å². The van der Waals surface area contributed by atoms with Crippen molar-refractivity contribution in [1.29, 1.82) is 0 Å². The number of para-hydroxylation sites is 1. The fraction of sp³-hybridized carbons (Fsp3) is 0.571. The van der Waals surface area contributed by atoms with Crippen molar-refractivity contribution >= 4 is 34.7 Å². The molecule has 12 heteroatoms. The number of aliphatic hydroxyl groups is 3. The smallest absolute Gasteiger partial charge is 0.224 e. The van der Waals surface area contributed by atoms with Gasteiger partial charge in [0.25, 0.3) is 0 Å². The van der Waals surface area contributed by atoms with Crippen molar-refractivity contribution in [2.45, 2.75) is 83.1 Å². The first-order valence-corrected chi connectivity index (χ1v) is 13.7. The normalized spacial score (nSPS) is 23.7. The number of anilines is 3. The molecule has 1 atom stereocenters. The van der Waals surface area contributed by atoms with Crippen LogP contribution in [0.3, 0.4) is 0 Å². The molecule has 0 radical (unpaired) electrons. The maximum Gasteiger partial charge on any atom is 0.224 e. The van der Waals surface area contributed by atoms with Crippen molar-refractivity contribution < 1.29 is 24.5 Å². The Balaban J connectivity index is 0.00000370. The summed E-state index contributed by atoms with van der Waals surface area (Å²) in [4.78, 5) is 26.6. The fourth-order valence-corrected chi connectivity index (χ4v) is 5.50. The van der Waals surface area contributed by atoms with E-state index in [2.05, 4.69) is 20.9 Å². The Hall–Kier alpha value is -3.35. The Morgan fingerprint density at radius 2 is 1.80 bits per heavy atom. The van der Waals surface area contributed by atoms with E-state index < -0.39 is 18.5 Å². The van der Waals surface area contributed by atoms with E-state index in [-0.39, 0.29) is 44.0 Å². The van der Waals surface area contributed by atoms with Crippen molar-refractivity contribution in [2.24, 2.45) is 5.92 Å². The SMILES string of the molecule is C.O=C(NC[C@@H](O)CO)C1CCC(n2c(Nc3ccccc3F)nc3cnc(NC4CCC(O)CC4)nc32)CC1. The molecule has 2 heterocycles. The molecule has 11 nitrogen and oxygen atoms in total. The van der Waals surface area contributed by atoms with E-state index in [0.29, 0.717) is 54.4 Å². The number of nitrogens with zero attached hydrogens (tertiary/aromatic N) is 4. The maximum atomic E-state index is 14.5. The van der Waals surface area contributed by atoms with E-state index in [0.717, 1.165) is 25.7 Å². The molecule has 1 aromatic carbocycles. The zero-order valence-electron chi connectivity index (χ0n) is 21.8. The predicted molar refractivity (Wildman–Crippen MR) is 151 cm³/mol. The number of aromatic nitrogens is 4. The van der Waals surface area contributed by atoms with Crippen molar-refractivity contribution in [1.82, 2.24) is 24.8 Å². The van der Waals surface area contributed by atoms with Crippen LogP contribution in [0.5, 0.6) is 0 Å². The van der Waals surface area contributed by atoms with Crippen LogP contribution in [0.2, 0.25) is 0 Å². The minimum Gasteiger partial charge on any atom is -0.394 e. The molecule has 0 aliphatic heterocycles. The van der Waals surface area contributed by atoms with E-state index in [1.165, 1.54) is 6.07 Å². The Morgan fingerprint density at radius 1 is 1.07 bits per heavy atom. The number of carbonyl (C=O) groups excluding carboxylic acids is 1. The van der Waals surface area contributed by atoms with Gasteiger partial charge >= 0.3 is 0 Å². The minimum atomic E-state index is -0.976. The first kappa shape index (κ1) is 29.6. The third-order valence-electron chi connectivity index (χ3n) is 7.74. The van der Waals surface area contributed by atoms with E-state index in [9.17, 15) is 19.4 Å². The Labute approximate surface area is 233 Å². The van der Waals surface area contributed by atoms with Gasteiger partial charge in [-0.05, 0) is 63.5 Å². The molecule has 40 heavy (non-hydrogen) atoms. The highest BCUT2D eigenvalue weighted by molar-refractivity contribution is 5.79. The van der Waals surface area contributed by atoms with Gasteiger partial charge in [-0.1, -0.05) is 19.6 Å². The summed E-state index contributed by atoms with van der Waals surface area (Å²) in [5, 5.41) is 37.6. The van der Waals surface area contributed by atoms with Crippen LogP contribution < -0.4 is 16.0 Å². The highest BCUT2D eigenvalue weighted by atomic mass is 19.1. The zero-order chi connectivity index (χ0) is 27.4. The molecular formula is C28H40FN7O4. The second-order valence-electron chi connectivity index (χ2n) is 10.5. The minimum absolute atomic E-state index is 0. The number of imidazole rings is 1. The van der Waals surface area contributed by atoms with E-state index in [4.69, 9.17) is 15.1 Å². The van der Waals surface area contributed by atoms with Gasteiger partial charge in [0.15, 0.2) is 5.65 Å². The van der Waals surface area contributed by atoms with Crippen LogP contribution in [0.4, 0.5) is 22.0 Å². The van der Waals surface area contributed by atoms with E-state index >= 15 is 0 Å². The van der Waals surface area contributed by atoms with Gasteiger partial charge in [-0.25, -0.2) is 14.4 Å². The van der Waals surface area contributed by atoms with Crippen LogP contribution >= 0.6 is 0 Å². The lowest BCUT2D eigenvalue weighted by molar-refractivity contribution is -0.126. The number of nitrogens with one attached hydrogen (secondary N) is 3. The number of hydrogen-bond acceptors (Lipinski definition) is 9. The molecule has 2 saturated carbocycles. The largest absolute Gasteiger partial charge is 0.394 e. The van der Waals surface area contributed by atoms with Crippen LogP contribution in [-0.2, 0) is 4.79 Å².